The van der Waals surface area contributed by atoms with Gasteiger partial charge in [0, 0.05) is 30.3 Å². The summed E-state index contributed by atoms with van der Waals surface area (Å²) >= 11 is 3.22. The van der Waals surface area contributed by atoms with Crippen LogP contribution in [-0.4, -0.2) is 30.1 Å². The number of benzene rings is 1. The average molecular weight is 404 g/mol. The lowest BCUT2D eigenvalue weighted by molar-refractivity contribution is -0.112. The monoisotopic (exact) mass is 403 g/mol. The zero-order valence-corrected chi connectivity index (χ0v) is 15.0. The van der Waals surface area contributed by atoms with Crippen LogP contribution in [0.1, 0.15) is 0 Å². The number of halogens is 1. The maximum Gasteiger partial charge on any atom is 0.267 e. The summed E-state index contributed by atoms with van der Waals surface area (Å²) in [6.07, 6.45) is 4.32. The van der Waals surface area contributed by atoms with E-state index in [1.165, 1.54) is 20.4 Å². The summed E-state index contributed by atoms with van der Waals surface area (Å²) in [5.41, 5.74) is 0.324. The first-order valence-corrected chi connectivity index (χ1v) is 7.74. The lowest BCUT2D eigenvalue weighted by atomic mass is 10.2. The van der Waals surface area contributed by atoms with Gasteiger partial charge in [0.1, 0.15) is 11.6 Å². The number of hydrogen-bond donors (Lipinski definition) is 2. The molecule has 0 aliphatic rings. The van der Waals surface area contributed by atoms with E-state index in [0.29, 0.717) is 21.7 Å². The molecule has 0 spiro atoms. The van der Waals surface area contributed by atoms with Crippen LogP contribution in [0.4, 0.5) is 11.6 Å². The molecule has 1 amide bonds. The van der Waals surface area contributed by atoms with Crippen LogP contribution in [0, 0.1) is 11.3 Å². The van der Waals surface area contributed by atoms with Crippen molar-refractivity contribution in [3.05, 3.63) is 46.8 Å². The molecule has 0 aliphatic carbocycles. The molecule has 0 saturated carbocycles. The molecular weight excluding hydrogens is 390 g/mol. The first-order chi connectivity index (χ1) is 12.1. The van der Waals surface area contributed by atoms with Gasteiger partial charge in [-0.15, -0.1) is 0 Å². The highest BCUT2D eigenvalue weighted by molar-refractivity contribution is 9.10. The van der Waals surface area contributed by atoms with Crippen molar-refractivity contribution >= 4 is 33.5 Å². The average Bonchev–Trinajstić information content (AvgIpc) is 2.63. The third kappa shape index (κ3) is 4.92. The number of nitrogens with zero attached hydrogens (tertiary/aromatic N) is 3. The lowest BCUT2D eigenvalue weighted by Crippen LogP contribution is -2.15. The molecule has 2 rings (SSSR count). The summed E-state index contributed by atoms with van der Waals surface area (Å²) in [4.78, 5) is 20.2. The summed E-state index contributed by atoms with van der Waals surface area (Å²) in [6.45, 7) is 0. The number of hydrogen-bond acceptors (Lipinski definition) is 7. The predicted octanol–water partition coefficient (Wildman–Crippen LogP) is 2.71. The molecule has 0 aliphatic heterocycles. The molecule has 0 fully saturated rings. The Bertz CT molecular complexity index is 831. The Hall–Kier alpha value is -3.12. The molecule has 0 unspecified atom stereocenters. The van der Waals surface area contributed by atoms with Crippen molar-refractivity contribution in [3.8, 4) is 17.6 Å². The zero-order valence-electron chi connectivity index (χ0n) is 13.4. The fourth-order valence-electron chi connectivity index (χ4n) is 1.78. The topological polar surface area (TPSA) is 109 Å². The standard InChI is InChI=1S/C16H14BrN5O3/c1-24-13-4-3-12(5-14(13)25-2)22-15(23)10(6-18)7-19-16-20-8-11(17)9-21-16/h3-5,7-9H,1-2H3,(H,22,23)(H,19,20,21)/b10-7-. The van der Waals surface area contributed by atoms with Gasteiger partial charge in [-0.3, -0.25) is 4.79 Å². The van der Waals surface area contributed by atoms with Crippen LogP contribution in [0.25, 0.3) is 0 Å². The van der Waals surface area contributed by atoms with Crippen LogP contribution in [0.5, 0.6) is 11.5 Å². The predicted molar refractivity (Wildman–Crippen MR) is 95.2 cm³/mol. The second-order valence-electron chi connectivity index (χ2n) is 4.56. The second-order valence-corrected chi connectivity index (χ2v) is 5.48. The van der Waals surface area contributed by atoms with Crippen molar-refractivity contribution < 1.29 is 14.3 Å². The van der Waals surface area contributed by atoms with Crippen molar-refractivity contribution in [1.29, 1.82) is 5.26 Å². The van der Waals surface area contributed by atoms with E-state index in [4.69, 9.17) is 14.7 Å². The number of carbonyl (C=O) groups excluding carboxylic acids is 1. The van der Waals surface area contributed by atoms with E-state index in [0.717, 1.165) is 0 Å². The number of nitriles is 1. The van der Waals surface area contributed by atoms with E-state index in [1.807, 2.05) is 6.07 Å². The molecule has 2 N–H and O–H groups in total. The fourth-order valence-corrected chi connectivity index (χ4v) is 1.99. The van der Waals surface area contributed by atoms with Gasteiger partial charge in [-0.05, 0) is 28.1 Å². The van der Waals surface area contributed by atoms with Crippen LogP contribution >= 0.6 is 15.9 Å². The van der Waals surface area contributed by atoms with Crippen molar-refractivity contribution in [3.63, 3.8) is 0 Å². The number of rotatable bonds is 6. The van der Waals surface area contributed by atoms with Gasteiger partial charge in [-0.25, -0.2) is 9.97 Å². The van der Waals surface area contributed by atoms with Gasteiger partial charge in [0.2, 0.25) is 5.95 Å². The van der Waals surface area contributed by atoms with Gasteiger partial charge in [-0.1, -0.05) is 0 Å². The van der Waals surface area contributed by atoms with Crippen molar-refractivity contribution in [2.75, 3.05) is 24.9 Å². The van der Waals surface area contributed by atoms with Gasteiger partial charge in [0.15, 0.2) is 11.5 Å². The number of nitrogens with one attached hydrogen (secondary N) is 2. The Morgan fingerprint density at radius 3 is 2.52 bits per heavy atom. The third-order valence-corrected chi connectivity index (χ3v) is 3.38. The summed E-state index contributed by atoms with van der Waals surface area (Å²) in [6, 6.07) is 6.70. The summed E-state index contributed by atoms with van der Waals surface area (Å²) < 4.78 is 11.0. The van der Waals surface area contributed by atoms with Crippen LogP contribution in [0.2, 0.25) is 0 Å². The van der Waals surface area contributed by atoms with Crippen LogP contribution < -0.4 is 20.1 Å². The highest BCUT2D eigenvalue weighted by Gasteiger charge is 2.11. The zero-order chi connectivity index (χ0) is 18.2. The summed E-state index contributed by atoms with van der Waals surface area (Å²) in [7, 11) is 3.01. The Morgan fingerprint density at radius 1 is 1.24 bits per heavy atom. The minimum Gasteiger partial charge on any atom is -0.493 e. The molecule has 9 heteroatoms. The van der Waals surface area contributed by atoms with E-state index < -0.39 is 5.91 Å². The maximum atomic E-state index is 12.2. The first-order valence-electron chi connectivity index (χ1n) is 6.95. The normalized spacial score (nSPS) is 10.6. The number of aromatic nitrogens is 2. The SMILES string of the molecule is COc1ccc(NC(=O)/C(C#N)=C\Nc2ncc(Br)cn2)cc1OC. The summed E-state index contributed by atoms with van der Waals surface area (Å²) in [5, 5.41) is 14.5. The van der Waals surface area contributed by atoms with Gasteiger partial charge < -0.3 is 20.1 Å². The third-order valence-electron chi connectivity index (χ3n) is 2.97. The van der Waals surface area contributed by atoms with E-state index >= 15 is 0 Å². The molecule has 1 heterocycles. The fraction of sp³-hybridized carbons (Fsp3) is 0.125. The first kappa shape index (κ1) is 18.2. The Kier molecular flexibility index (Phi) is 6.31. The molecule has 0 atom stereocenters. The number of carbonyl (C=O) groups is 1. The molecule has 1 aromatic heterocycles. The minimum absolute atomic E-state index is 0.138. The van der Waals surface area contributed by atoms with E-state index in [-0.39, 0.29) is 11.5 Å². The largest absolute Gasteiger partial charge is 0.493 e. The quantitative estimate of drug-likeness (QED) is 0.563. The lowest BCUT2D eigenvalue weighted by Gasteiger charge is -2.10. The smallest absolute Gasteiger partial charge is 0.267 e. The molecule has 0 radical (unpaired) electrons. The second kappa shape index (κ2) is 8.65. The van der Waals surface area contributed by atoms with Gasteiger partial charge in [0.05, 0.1) is 18.7 Å². The highest BCUT2D eigenvalue weighted by atomic mass is 79.9. The number of methoxy groups -OCH3 is 2. The maximum absolute atomic E-state index is 12.2. The molecule has 1 aromatic carbocycles. The van der Waals surface area contributed by atoms with Crippen molar-refractivity contribution in [2.24, 2.45) is 0 Å². The van der Waals surface area contributed by atoms with Gasteiger partial charge in [-0.2, -0.15) is 5.26 Å². The molecule has 25 heavy (non-hydrogen) atoms. The highest BCUT2D eigenvalue weighted by Crippen LogP contribution is 2.29. The molecule has 128 valence electrons. The van der Waals surface area contributed by atoms with Crippen LogP contribution in [0.3, 0.4) is 0 Å². The van der Waals surface area contributed by atoms with Crippen molar-refractivity contribution in [1.82, 2.24) is 9.97 Å². The summed E-state index contributed by atoms with van der Waals surface area (Å²) in [5.74, 6) is 0.670. The minimum atomic E-state index is -0.584. The molecular formula is C16H14BrN5O3. The Labute approximate surface area is 152 Å². The van der Waals surface area contributed by atoms with Gasteiger partial charge in [0.25, 0.3) is 5.91 Å². The molecule has 0 bridgehead atoms. The van der Waals surface area contributed by atoms with Crippen LogP contribution in [-0.2, 0) is 4.79 Å². The number of ether oxygens (including phenoxy) is 2. The van der Waals surface area contributed by atoms with E-state index in [1.54, 1.807) is 30.6 Å². The van der Waals surface area contributed by atoms with Crippen LogP contribution in [0.15, 0.2) is 46.8 Å². The molecule has 2 aromatic rings. The Balaban J connectivity index is 2.10. The Morgan fingerprint density at radius 2 is 1.92 bits per heavy atom. The number of anilines is 2. The van der Waals surface area contributed by atoms with Crippen molar-refractivity contribution in [2.45, 2.75) is 0 Å². The van der Waals surface area contributed by atoms with E-state index in [9.17, 15) is 4.79 Å². The van der Waals surface area contributed by atoms with E-state index in [2.05, 4.69) is 36.5 Å². The molecule has 0 saturated heterocycles. The van der Waals surface area contributed by atoms with Gasteiger partial charge >= 0.3 is 0 Å². The number of amides is 1. The molecule has 8 nitrogen and oxygen atoms in total.